The average Bonchev–Trinajstić information content (AvgIpc) is 2.58. The fourth-order valence-corrected chi connectivity index (χ4v) is 2.85. The first kappa shape index (κ1) is 12.1. The fraction of sp³-hybridized carbons (Fsp3) is 0.182. The van der Waals surface area contributed by atoms with Crippen molar-refractivity contribution in [2.45, 2.75) is 11.8 Å². The Labute approximate surface area is 104 Å². The van der Waals surface area contributed by atoms with E-state index in [1.165, 1.54) is 17.6 Å². The summed E-state index contributed by atoms with van der Waals surface area (Å²) in [5, 5.41) is 1.49. The first-order valence-electron chi connectivity index (χ1n) is 4.91. The number of aromatic nitrogens is 1. The van der Waals surface area contributed by atoms with Crippen molar-refractivity contribution >= 4 is 26.2 Å². The summed E-state index contributed by atoms with van der Waals surface area (Å²) in [7, 11) is -3.15. The van der Waals surface area contributed by atoms with Gasteiger partial charge in [0.2, 0.25) is 0 Å². The molecule has 0 spiro atoms. The van der Waals surface area contributed by atoms with Gasteiger partial charge in [-0.15, -0.1) is 0 Å². The first-order valence-corrected chi connectivity index (χ1v) is 7.62. The van der Waals surface area contributed by atoms with Crippen LogP contribution >= 0.6 is 11.3 Å². The lowest BCUT2D eigenvalue weighted by atomic mass is 10.2. The third-order valence-electron chi connectivity index (χ3n) is 2.36. The summed E-state index contributed by atoms with van der Waals surface area (Å²) in [5.74, 6) is 0. The number of hydrogen-bond donors (Lipinski definition) is 1. The molecule has 2 N–H and O–H groups in total. The van der Waals surface area contributed by atoms with Crippen molar-refractivity contribution in [1.82, 2.24) is 4.98 Å². The molecule has 2 aromatic rings. The largest absolute Gasteiger partial charge is 0.389 e. The lowest BCUT2D eigenvalue weighted by molar-refractivity contribution is 0.602. The zero-order chi connectivity index (χ0) is 12.6. The highest BCUT2D eigenvalue weighted by Gasteiger charge is 2.09. The van der Waals surface area contributed by atoms with E-state index in [9.17, 15) is 8.42 Å². The normalized spacial score (nSPS) is 11.6. The van der Waals surface area contributed by atoms with E-state index in [2.05, 4.69) is 4.98 Å². The van der Waals surface area contributed by atoms with Gasteiger partial charge in [0, 0.05) is 11.8 Å². The Hall–Kier alpha value is -1.40. The fourth-order valence-electron chi connectivity index (χ4n) is 1.38. The highest BCUT2D eigenvalue weighted by Crippen LogP contribution is 2.29. The van der Waals surface area contributed by atoms with Gasteiger partial charge in [-0.3, -0.25) is 0 Å². The lowest BCUT2D eigenvalue weighted by Gasteiger charge is -1.99. The van der Waals surface area contributed by atoms with E-state index in [1.807, 2.05) is 6.92 Å². The van der Waals surface area contributed by atoms with Gasteiger partial charge in [-0.2, -0.15) is 0 Å². The molecule has 0 aliphatic heterocycles. The number of sulfone groups is 1. The summed E-state index contributed by atoms with van der Waals surface area (Å²) in [5.41, 5.74) is 7.42. The van der Waals surface area contributed by atoms with Gasteiger partial charge in [-0.1, -0.05) is 23.5 Å². The van der Waals surface area contributed by atoms with Crippen molar-refractivity contribution in [2.24, 2.45) is 0 Å². The molecule has 0 amide bonds. The van der Waals surface area contributed by atoms with Crippen LogP contribution in [0.15, 0.2) is 29.2 Å². The molecule has 17 heavy (non-hydrogen) atoms. The van der Waals surface area contributed by atoms with Crippen LogP contribution in [0.2, 0.25) is 0 Å². The number of anilines is 1. The second-order valence-electron chi connectivity index (χ2n) is 3.77. The number of hydrogen-bond acceptors (Lipinski definition) is 5. The van der Waals surface area contributed by atoms with E-state index in [4.69, 9.17) is 5.73 Å². The van der Waals surface area contributed by atoms with Crippen molar-refractivity contribution in [2.75, 3.05) is 12.0 Å². The van der Waals surface area contributed by atoms with E-state index in [0.29, 0.717) is 9.90 Å². The summed E-state index contributed by atoms with van der Waals surface area (Å²) in [6.07, 6.45) is 1.19. The maximum Gasteiger partial charge on any atom is 0.175 e. The summed E-state index contributed by atoms with van der Waals surface area (Å²) in [6.45, 7) is 1.85. The zero-order valence-corrected chi connectivity index (χ0v) is 11.1. The molecule has 0 atom stereocenters. The van der Waals surface area contributed by atoms with Crippen LogP contribution in [0.1, 0.15) is 5.69 Å². The number of benzene rings is 1. The van der Waals surface area contributed by atoms with Crippen LogP contribution in [0.5, 0.6) is 0 Å². The maximum atomic E-state index is 11.3. The smallest absolute Gasteiger partial charge is 0.175 e. The molecule has 2 rings (SSSR count). The topological polar surface area (TPSA) is 73.0 Å². The molecule has 0 radical (unpaired) electrons. The Morgan fingerprint density at radius 2 is 1.82 bits per heavy atom. The summed E-state index contributed by atoms with van der Waals surface area (Å²) in [4.78, 5) is 4.62. The minimum Gasteiger partial charge on any atom is -0.389 e. The third kappa shape index (κ3) is 2.48. The predicted molar refractivity (Wildman–Crippen MR) is 69.8 cm³/mol. The molecule has 0 aliphatic carbocycles. The molecule has 1 heterocycles. The number of nitrogens with zero attached hydrogens (tertiary/aromatic N) is 1. The Bertz CT molecular complexity index is 623. The van der Waals surface area contributed by atoms with Crippen LogP contribution in [0.4, 0.5) is 5.00 Å². The van der Waals surface area contributed by atoms with E-state index in [1.54, 1.807) is 24.3 Å². The number of nitrogens with two attached hydrogens (primary N) is 1. The van der Waals surface area contributed by atoms with E-state index < -0.39 is 9.84 Å². The van der Waals surface area contributed by atoms with Gasteiger partial charge < -0.3 is 5.73 Å². The van der Waals surface area contributed by atoms with Gasteiger partial charge >= 0.3 is 0 Å². The van der Waals surface area contributed by atoms with E-state index in [-0.39, 0.29) is 0 Å². The number of thiazole rings is 1. The molecule has 1 aromatic heterocycles. The highest BCUT2D eigenvalue weighted by atomic mass is 32.2. The predicted octanol–water partition coefficient (Wildman–Crippen LogP) is 2.10. The van der Waals surface area contributed by atoms with Gasteiger partial charge in [-0.05, 0) is 19.1 Å². The molecule has 0 fully saturated rings. The first-order chi connectivity index (χ1) is 7.88. The Morgan fingerprint density at radius 1 is 1.24 bits per heavy atom. The van der Waals surface area contributed by atoms with Crippen molar-refractivity contribution in [1.29, 1.82) is 0 Å². The van der Waals surface area contributed by atoms with Crippen LogP contribution in [-0.2, 0) is 9.84 Å². The molecular weight excluding hydrogens is 256 g/mol. The Kier molecular flexibility index (Phi) is 2.92. The molecule has 0 saturated heterocycles. The lowest BCUT2D eigenvalue weighted by Crippen LogP contribution is -1.96. The van der Waals surface area contributed by atoms with E-state index >= 15 is 0 Å². The van der Waals surface area contributed by atoms with Crippen LogP contribution in [0, 0.1) is 6.92 Å². The monoisotopic (exact) mass is 268 g/mol. The van der Waals surface area contributed by atoms with Gasteiger partial charge in [0.15, 0.2) is 9.84 Å². The minimum atomic E-state index is -3.15. The van der Waals surface area contributed by atoms with Crippen LogP contribution in [-0.4, -0.2) is 19.7 Å². The maximum absolute atomic E-state index is 11.3. The molecule has 1 aromatic carbocycles. The van der Waals surface area contributed by atoms with E-state index in [0.717, 1.165) is 16.3 Å². The Balaban J connectivity index is 2.42. The number of nitrogen functional groups attached to an aromatic ring is 1. The van der Waals surface area contributed by atoms with Crippen molar-refractivity contribution < 1.29 is 8.42 Å². The molecule has 4 nitrogen and oxygen atoms in total. The Morgan fingerprint density at radius 3 is 2.24 bits per heavy atom. The zero-order valence-electron chi connectivity index (χ0n) is 9.47. The average molecular weight is 268 g/mol. The molecule has 0 unspecified atom stereocenters. The van der Waals surface area contributed by atoms with Gasteiger partial charge in [-0.25, -0.2) is 13.4 Å². The summed E-state index contributed by atoms with van der Waals surface area (Å²) in [6, 6.07) is 6.65. The second-order valence-corrected chi connectivity index (χ2v) is 6.81. The molecule has 90 valence electrons. The van der Waals surface area contributed by atoms with Crippen LogP contribution in [0.25, 0.3) is 10.6 Å². The summed E-state index contributed by atoms with van der Waals surface area (Å²) < 4.78 is 22.6. The molecule has 0 saturated carbocycles. The molecule has 0 bridgehead atoms. The molecule has 6 heteroatoms. The van der Waals surface area contributed by atoms with Crippen molar-refractivity contribution in [3.05, 3.63) is 30.0 Å². The van der Waals surface area contributed by atoms with Gasteiger partial charge in [0.25, 0.3) is 0 Å². The third-order valence-corrected chi connectivity index (χ3v) is 4.53. The molecular formula is C11H12N2O2S2. The SMILES string of the molecule is Cc1nc(-c2ccc(S(C)(=O)=O)cc2)sc1N. The van der Waals surface area contributed by atoms with Crippen molar-refractivity contribution in [3.63, 3.8) is 0 Å². The molecule has 0 aliphatic rings. The summed E-state index contributed by atoms with van der Waals surface area (Å²) >= 11 is 1.40. The minimum absolute atomic E-state index is 0.308. The van der Waals surface area contributed by atoms with Gasteiger partial charge in [0.05, 0.1) is 10.6 Å². The highest BCUT2D eigenvalue weighted by molar-refractivity contribution is 7.90. The number of aryl methyl sites for hydroxylation is 1. The van der Waals surface area contributed by atoms with Gasteiger partial charge in [0.1, 0.15) is 10.0 Å². The quantitative estimate of drug-likeness (QED) is 0.905. The standard InChI is InChI=1S/C11H12N2O2S2/c1-7-10(12)16-11(13-7)8-3-5-9(6-4-8)17(2,14)15/h3-6H,12H2,1-2H3. The second kappa shape index (κ2) is 4.12. The van der Waals surface area contributed by atoms with Crippen LogP contribution < -0.4 is 5.73 Å². The van der Waals surface area contributed by atoms with Crippen molar-refractivity contribution in [3.8, 4) is 10.6 Å². The van der Waals surface area contributed by atoms with Crippen LogP contribution in [0.3, 0.4) is 0 Å². The number of rotatable bonds is 2.